The van der Waals surface area contributed by atoms with Crippen LogP contribution in [0.2, 0.25) is 0 Å². The molecule has 19 heavy (non-hydrogen) atoms. The molecule has 0 heterocycles. The molecule has 4 nitrogen and oxygen atoms in total. The Bertz CT molecular complexity index is 267. The predicted molar refractivity (Wildman–Crippen MR) is 74.0 cm³/mol. The van der Waals surface area contributed by atoms with E-state index in [1.54, 1.807) is 7.11 Å². The summed E-state index contributed by atoms with van der Waals surface area (Å²) < 4.78 is 15.6. The second kappa shape index (κ2) is 7.85. The van der Waals surface area contributed by atoms with Crippen LogP contribution in [0.3, 0.4) is 0 Å². The zero-order valence-corrected chi connectivity index (χ0v) is 12.7. The molecule has 1 aliphatic carbocycles. The Morgan fingerprint density at radius 3 is 2.42 bits per heavy atom. The van der Waals surface area contributed by atoms with Crippen molar-refractivity contribution in [2.75, 3.05) is 26.9 Å². The van der Waals surface area contributed by atoms with Gasteiger partial charge in [0.2, 0.25) is 0 Å². The first-order valence-electron chi connectivity index (χ1n) is 7.25. The van der Waals surface area contributed by atoms with Gasteiger partial charge in [0.25, 0.3) is 0 Å². The molecule has 0 aromatic rings. The molecule has 0 N–H and O–H groups in total. The maximum atomic E-state index is 11.7. The number of hydrogen-bond acceptors (Lipinski definition) is 4. The Labute approximate surface area is 116 Å². The van der Waals surface area contributed by atoms with Crippen molar-refractivity contribution in [1.29, 1.82) is 0 Å². The van der Waals surface area contributed by atoms with Gasteiger partial charge in [0.1, 0.15) is 12.2 Å². The standard InChI is InChI=1S/C15H28O4/c1-12(2)13-5-7-15(3,8-6-13)19-14(16)11-18-10-9-17-4/h12-13H,5-11H2,1-4H3. The summed E-state index contributed by atoms with van der Waals surface area (Å²) in [5.74, 6) is 1.23. The molecule has 0 spiro atoms. The first-order chi connectivity index (χ1) is 8.97. The molecule has 0 unspecified atom stereocenters. The van der Waals surface area contributed by atoms with Gasteiger partial charge in [0, 0.05) is 7.11 Å². The second-order valence-electron chi connectivity index (χ2n) is 6.05. The minimum absolute atomic E-state index is 0.0204. The van der Waals surface area contributed by atoms with Gasteiger partial charge in [-0.2, -0.15) is 0 Å². The van der Waals surface area contributed by atoms with Crippen LogP contribution < -0.4 is 0 Å². The minimum atomic E-state index is -0.299. The van der Waals surface area contributed by atoms with Gasteiger partial charge in [0.15, 0.2) is 0 Å². The summed E-state index contributed by atoms with van der Waals surface area (Å²) in [4.78, 5) is 11.7. The molecule has 1 rings (SSSR count). The lowest BCUT2D eigenvalue weighted by molar-refractivity contribution is -0.168. The van der Waals surface area contributed by atoms with E-state index in [2.05, 4.69) is 13.8 Å². The summed E-state index contributed by atoms with van der Waals surface area (Å²) in [6.07, 6.45) is 4.21. The van der Waals surface area contributed by atoms with E-state index in [-0.39, 0.29) is 18.2 Å². The molecule has 4 heteroatoms. The van der Waals surface area contributed by atoms with Gasteiger partial charge >= 0.3 is 5.97 Å². The monoisotopic (exact) mass is 272 g/mol. The van der Waals surface area contributed by atoms with Gasteiger partial charge in [-0.1, -0.05) is 13.8 Å². The largest absolute Gasteiger partial charge is 0.458 e. The van der Waals surface area contributed by atoms with Crippen molar-refractivity contribution in [3.8, 4) is 0 Å². The van der Waals surface area contributed by atoms with Crippen molar-refractivity contribution in [2.45, 2.75) is 52.1 Å². The third-order valence-electron chi connectivity index (χ3n) is 4.04. The van der Waals surface area contributed by atoms with E-state index in [0.29, 0.717) is 13.2 Å². The van der Waals surface area contributed by atoms with Crippen LogP contribution in [0.4, 0.5) is 0 Å². The Kier molecular flexibility index (Phi) is 6.80. The molecule has 0 saturated heterocycles. The highest BCUT2D eigenvalue weighted by atomic mass is 16.6. The molecule has 0 aliphatic heterocycles. The SMILES string of the molecule is COCCOCC(=O)OC1(C)CCC(C(C)C)CC1. The molecule has 0 atom stereocenters. The summed E-state index contributed by atoms with van der Waals surface area (Å²) in [6, 6.07) is 0. The highest BCUT2D eigenvalue weighted by molar-refractivity contribution is 5.71. The number of hydrogen-bond donors (Lipinski definition) is 0. The lowest BCUT2D eigenvalue weighted by Gasteiger charge is -2.38. The maximum absolute atomic E-state index is 11.7. The number of methoxy groups -OCH3 is 1. The molecule has 0 aromatic carbocycles. The highest BCUT2D eigenvalue weighted by Gasteiger charge is 2.35. The van der Waals surface area contributed by atoms with Gasteiger partial charge in [0.05, 0.1) is 13.2 Å². The first-order valence-corrected chi connectivity index (χ1v) is 7.25. The van der Waals surface area contributed by atoms with Crippen molar-refractivity contribution in [1.82, 2.24) is 0 Å². The van der Waals surface area contributed by atoms with Gasteiger partial charge in [-0.25, -0.2) is 4.79 Å². The number of carbonyl (C=O) groups excluding carboxylic acids is 1. The van der Waals surface area contributed by atoms with E-state index < -0.39 is 0 Å². The van der Waals surface area contributed by atoms with E-state index in [0.717, 1.165) is 37.5 Å². The summed E-state index contributed by atoms with van der Waals surface area (Å²) in [5, 5.41) is 0. The molecule has 1 saturated carbocycles. The fourth-order valence-corrected chi connectivity index (χ4v) is 2.62. The van der Waals surface area contributed by atoms with E-state index in [1.165, 1.54) is 0 Å². The van der Waals surface area contributed by atoms with Crippen molar-refractivity contribution in [2.24, 2.45) is 11.8 Å². The number of ether oxygens (including phenoxy) is 3. The summed E-state index contributed by atoms with van der Waals surface area (Å²) in [5.41, 5.74) is -0.299. The Balaban J connectivity index is 2.26. The van der Waals surface area contributed by atoms with Gasteiger partial charge in [-0.05, 0) is 44.4 Å². The van der Waals surface area contributed by atoms with Gasteiger partial charge in [-0.3, -0.25) is 0 Å². The summed E-state index contributed by atoms with van der Waals surface area (Å²) in [7, 11) is 1.61. The zero-order valence-electron chi connectivity index (χ0n) is 12.7. The molecule has 112 valence electrons. The molecular weight excluding hydrogens is 244 g/mol. The lowest BCUT2D eigenvalue weighted by atomic mass is 9.75. The van der Waals surface area contributed by atoms with Gasteiger partial charge in [-0.15, -0.1) is 0 Å². The van der Waals surface area contributed by atoms with Crippen molar-refractivity contribution >= 4 is 5.97 Å². The van der Waals surface area contributed by atoms with Crippen molar-refractivity contribution < 1.29 is 19.0 Å². The van der Waals surface area contributed by atoms with Crippen molar-refractivity contribution in [3.05, 3.63) is 0 Å². The number of esters is 1. The van der Waals surface area contributed by atoms with E-state index >= 15 is 0 Å². The third-order valence-corrected chi connectivity index (χ3v) is 4.04. The molecule has 1 aliphatic rings. The predicted octanol–water partition coefficient (Wildman–Crippen LogP) is 2.80. The smallest absolute Gasteiger partial charge is 0.332 e. The van der Waals surface area contributed by atoms with E-state index in [9.17, 15) is 4.79 Å². The van der Waals surface area contributed by atoms with Crippen LogP contribution >= 0.6 is 0 Å². The normalized spacial score (nSPS) is 27.5. The quantitative estimate of drug-likeness (QED) is 0.528. The second-order valence-corrected chi connectivity index (χ2v) is 6.05. The number of carbonyl (C=O) groups is 1. The van der Waals surface area contributed by atoms with Crippen LogP contribution in [0.25, 0.3) is 0 Å². The van der Waals surface area contributed by atoms with Gasteiger partial charge < -0.3 is 14.2 Å². The fourth-order valence-electron chi connectivity index (χ4n) is 2.62. The van der Waals surface area contributed by atoms with Crippen LogP contribution in [0.1, 0.15) is 46.5 Å². The Hall–Kier alpha value is -0.610. The molecule has 0 bridgehead atoms. The zero-order chi connectivity index (χ0) is 14.3. The van der Waals surface area contributed by atoms with Crippen LogP contribution in [0.15, 0.2) is 0 Å². The average Bonchev–Trinajstić information content (AvgIpc) is 2.34. The number of rotatable bonds is 7. The van der Waals surface area contributed by atoms with Crippen LogP contribution in [-0.4, -0.2) is 38.5 Å². The summed E-state index contributed by atoms with van der Waals surface area (Å²) >= 11 is 0. The van der Waals surface area contributed by atoms with E-state index in [1.807, 2.05) is 6.92 Å². The lowest BCUT2D eigenvalue weighted by Crippen LogP contribution is -2.38. The van der Waals surface area contributed by atoms with E-state index in [4.69, 9.17) is 14.2 Å². The van der Waals surface area contributed by atoms with Crippen LogP contribution in [-0.2, 0) is 19.0 Å². The van der Waals surface area contributed by atoms with Crippen LogP contribution in [0.5, 0.6) is 0 Å². The molecular formula is C15H28O4. The third kappa shape index (κ3) is 5.91. The molecule has 0 aromatic heterocycles. The summed E-state index contributed by atoms with van der Waals surface area (Å²) in [6.45, 7) is 7.52. The fraction of sp³-hybridized carbons (Fsp3) is 0.933. The molecule has 1 fully saturated rings. The first kappa shape index (κ1) is 16.4. The molecule has 0 radical (unpaired) electrons. The van der Waals surface area contributed by atoms with Crippen molar-refractivity contribution in [3.63, 3.8) is 0 Å². The minimum Gasteiger partial charge on any atom is -0.458 e. The molecule has 0 amide bonds. The maximum Gasteiger partial charge on any atom is 0.332 e. The highest BCUT2D eigenvalue weighted by Crippen LogP contribution is 2.37. The Morgan fingerprint density at radius 1 is 1.26 bits per heavy atom. The Morgan fingerprint density at radius 2 is 1.89 bits per heavy atom. The topological polar surface area (TPSA) is 44.8 Å². The van der Waals surface area contributed by atoms with Crippen LogP contribution in [0, 0.1) is 11.8 Å². The average molecular weight is 272 g/mol.